The molecule has 0 saturated heterocycles. The summed E-state index contributed by atoms with van der Waals surface area (Å²) in [6.45, 7) is 6.72. The number of nitrogens with zero attached hydrogens (tertiary/aromatic N) is 3. The average molecular weight is 530 g/mol. The van der Waals surface area contributed by atoms with Gasteiger partial charge in [-0.2, -0.15) is 0 Å². The third-order valence-corrected chi connectivity index (χ3v) is 7.87. The highest BCUT2D eigenvalue weighted by atomic mass is 15.0. The van der Waals surface area contributed by atoms with E-state index >= 15 is 0 Å². The van der Waals surface area contributed by atoms with Crippen molar-refractivity contribution in [3.05, 3.63) is 139 Å². The molecule has 41 heavy (non-hydrogen) atoms. The van der Waals surface area contributed by atoms with Gasteiger partial charge in [0.25, 0.3) is 0 Å². The predicted octanol–water partition coefficient (Wildman–Crippen LogP) is 9.87. The lowest BCUT2D eigenvalue weighted by Crippen LogP contribution is -2.11. The largest absolute Gasteiger partial charge is 0.309 e. The second-order valence-corrected chi connectivity index (χ2v) is 11.6. The van der Waals surface area contributed by atoms with Gasteiger partial charge < -0.3 is 4.57 Å². The first kappa shape index (κ1) is 25.0. The van der Waals surface area contributed by atoms with Crippen LogP contribution in [0.5, 0.6) is 0 Å². The molecule has 198 valence electrons. The Balaban J connectivity index is 1.36. The fourth-order valence-electron chi connectivity index (χ4n) is 5.63. The van der Waals surface area contributed by atoms with Crippen molar-refractivity contribution in [3.8, 4) is 39.3 Å². The monoisotopic (exact) mass is 529 g/mol. The maximum atomic E-state index is 4.85. The summed E-state index contributed by atoms with van der Waals surface area (Å²) in [6.07, 6.45) is 3.89. The molecule has 0 radical (unpaired) electrons. The number of para-hydroxylation sites is 1. The van der Waals surface area contributed by atoms with E-state index < -0.39 is 0 Å². The Labute approximate surface area is 240 Å². The first-order valence-corrected chi connectivity index (χ1v) is 14.1. The van der Waals surface area contributed by atoms with E-state index in [0.717, 1.165) is 39.3 Å². The highest BCUT2D eigenvalue weighted by Crippen LogP contribution is 2.36. The molecule has 4 aromatic carbocycles. The number of aromatic nitrogens is 3. The van der Waals surface area contributed by atoms with Crippen molar-refractivity contribution in [1.29, 1.82) is 0 Å². The number of benzene rings is 4. The van der Waals surface area contributed by atoms with Crippen LogP contribution >= 0.6 is 0 Å². The zero-order chi connectivity index (χ0) is 28.0. The van der Waals surface area contributed by atoms with E-state index in [9.17, 15) is 0 Å². The van der Waals surface area contributed by atoms with E-state index in [1.54, 1.807) is 0 Å². The van der Waals surface area contributed by atoms with E-state index in [-0.39, 0.29) is 5.41 Å². The quantitative estimate of drug-likeness (QED) is 0.227. The normalized spacial score (nSPS) is 11.8. The fourth-order valence-corrected chi connectivity index (χ4v) is 5.63. The van der Waals surface area contributed by atoms with Gasteiger partial charge in [-0.15, -0.1) is 0 Å². The fraction of sp³-hybridized carbons (Fsp3) is 0.105. The van der Waals surface area contributed by atoms with Crippen molar-refractivity contribution >= 4 is 21.8 Å². The zero-order valence-corrected chi connectivity index (χ0v) is 23.5. The summed E-state index contributed by atoms with van der Waals surface area (Å²) in [5, 5.41) is 2.46. The minimum Gasteiger partial charge on any atom is -0.309 e. The minimum absolute atomic E-state index is 0.0614. The molecule has 0 amide bonds. The predicted molar refractivity (Wildman–Crippen MR) is 171 cm³/mol. The summed E-state index contributed by atoms with van der Waals surface area (Å²) < 4.78 is 2.36. The number of fused-ring (bicyclic) bond motifs is 3. The standard InChI is InChI=1S/C38H31N3/c1-38(2,3)30-20-21-39-35(24-30)27-12-9-13-31(22-27)41-36-15-8-7-14-32(36)33-18-16-28(23-37(33)41)34-19-17-29(25-40-34)26-10-5-4-6-11-26/h4-25H,1-3H3. The molecule has 0 atom stereocenters. The molecule has 0 spiro atoms. The molecule has 0 bridgehead atoms. The van der Waals surface area contributed by atoms with Gasteiger partial charge in [-0.1, -0.05) is 99.6 Å². The van der Waals surface area contributed by atoms with E-state index in [2.05, 4.69) is 141 Å². The summed E-state index contributed by atoms with van der Waals surface area (Å²) >= 11 is 0. The summed E-state index contributed by atoms with van der Waals surface area (Å²) in [6, 6.07) is 43.0. The second kappa shape index (κ2) is 9.87. The topological polar surface area (TPSA) is 30.7 Å². The lowest BCUT2D eigenvalue weighted by Gasteiger charge is -2.19. The van der Waals surface area contributed by atoms with Gasteiger partial charge in [0.05, 0.1) is 22.4 Å². The van der Waals surface area contributed by atoms with E-state index in [4.69, 9.17) is 9.97 Å². The zero-order valence-electron chi connectivity index (χ0n) is 23.5. The third kappa shape index (κ3) is 4.60. The SMILES string of the molecule is CC(C)(C)c1ccnc(-c2cccc(-n3c4ccccc4c4ccc(-c5ccc(-c6ccccc6)cn5)cc43)c2)c1. The van der Waals surface area contributed by atoms with Gasteiger partial charge in [0.15, 0.2) is 0 Å². The van der Waals surface area contributed by atoms with Gasteiger partial charge in [-0.05, 0) is 59.0 Å². The van der Waals surface area contributed by atoms with Crippen molar-refractivity contribution < 1.29 is 0 Å². The summed E-state index contributed by atoms with van der Waals surface area (Å²) in [4.78, 5) is 9.59. The van der Waals surface area contributed by atoms with Gasteiger partial charge in [0, 0.05) is 45.5 Å². The van der Waals surface area contributed by atoms with Gasteiger partial charge in [0.1, 0.15) is 0 Å². The van der Waals surface area contributed by atoms with Crippen LogP contribution in [0.25, 0.3) is 61.1 Å². The van der Waals surface area contributed by atoms with Gasteiger partial charge in [-0.3, -0.25) is 9.97 Å². The van der Waals surface area contributed by atoms with Crippen molar-refractivity contribution in [2.75, 3.05) is 0 Å². The first-order chi connectivity index (χ1) is 20.0. The van der Waals surface area contributed by atoms with Gasteiger partial charge >= 0.3 is 0 Å². The Morgan fingerprint density at radius 2 is 1.24 bits per heavy atom. The molecule has 0 aliphatic carbocycles. The molecule has 0 saturated carbocycles. The van der Waals surface area contributed by atoms with Crippen LogP contribution in [0.4, 0.5) is 0 Å². The molecule has 3 heterocycles. The van der Waals surface area contributed by atoms with E-state index in [0.29, 0.717) is 0 Å². The molecule has 0 aliphatic heterocycles. The maximum Gasteiger partial charge on any atom is 0.0705 e. The van der Waals surface area contributed by atoms with Crippen molar-refractivity contribution in [3.63, 3.8) is 0 Å². The number of pyridine rings is 2. The molecule has 0 aliphatic rings. The van der Waals surface area contributed by atoms with Crippen molar-refractivity contribution in [2.45, 2.75) is 26.2 Å². The molecule has 3 nitrogen and oxygen atoms in total. The van der Waals surface area contributed by atoms with Crippen LogP contribution in [-0.4, -0.2) is 14.5 Å². The molecule has 0 unspecified atom stereocenters. The number of rotatable bonds is 4. The smallest absolute Gasteiger partial charge is 0.0705 e. The van der Waals surface area contributed by atoms with Crippen LogP contribution in [-0.2, 0) is 5.41 Å². The van der Waals surface area contributed by atoms with Crippen LogP contribution < -0.4 is 0 Å². The first-order valence-electron chi connectivity index (χ1n) is 14.1. The third-order valence-electron chi connectivity index (χ3n) is 7.87. The van der Waals surface area contributed by atoms with E-state index in [1.165, 1.54) is 27.4 Å². The maximum absolute atomic E-state index is 4.85. The molecule has 0 fully saturated rings. The van der Waals surface area contributed by atoms with Crippen LogP contribution in [0.3, 0.4) is 0 Å². The van der Waals surface area contributed by atoms with Gasteiger partial charge in [0.2, 0.25) is 0 Å². The lowest BCUT2D eigenvalue weighted by molar-refractivity contribution is 0.589. The Morgan fingerprint density at radius 1 is 0.512 bits per heavy atom. The molecular weight excluding hydrogens is 498 g/mol. The Morgan fingerprint density at radius 3 is 2.05 bits per heavy atom. The number of hydrogen-bond donors (Lipinski definition) is 0. The van der Waals surface area contributed by atoms with Crippen molar-refractivity contribution in [2.24, 2.45) is 0 Å². The van der Waals surface area contributed by atoms with Crippen LogP contribution in [0.15, 0.2) is 134 Å². The summed E-state index contributed by atoms with van der Waals surface area (Å²) in [5.41, 5.74) is 11.2. The Bertz CT molecular complexity index is 2010. The van der Waals surface area contributed by atoms with Crippen LogP contribution in [0.2, 0.25) is 0 Å². The molecule has 3 aromatic heterocycles. The highest BCUT2D eigenvalue weighted by molar-refractivity contribution is 6.10. The summed E-state index contributed by atoms with van der Waals surface area (Å²) in [5.74, 6) is 0. The Kier molecular flexibility index (Phi) is 6.01. The molecule has 7 aromatic rings. The van der Waals surface area contributed by atoms with E-state index in [1.807, 2.05) is 18.5 Å². The Hall–Kier alpha value is -5.02. The molecular formula is C38H31N3. The lowest BCUT2D eigenvalue weighted by atomic mass is 9.87. The molecule has 7 rings (SSSR count). The van der Waals surface area contributed by atoms with Crippen LogP contribution in [0.1, 0.15) is 26.3 Å². The molecule has 0 N–H and O–H groups in total. The summed E-state index contributed by atoms with van der Waals surface area (Å²) in [7, 11) is 0. The minimum atomic E-state index is 0.0614. The average Bonchev–Trinajstić information content (AvgIpc) is 3.35. The second-order valence-electron chi connectivity index (χ2n) is 11.6. The van der Waals surface area contributed by atoms with Gasteiger partial charge in [-0.25, -0.2) is 0 Å². The van der Waals surface area contributed by atoms with Crippen LogP contribution in [0, 0.1) is 0 Å². The van der Waals surface area contributed by atoms with Crippen molar-refractivity contribution in [1.82, 2.24) is 14.5 Å². The number of hydrogen-bond acceptors (Lipinski definition) is 2. The molecule has 3 heteroatoms. The highest BCUT2D eigenvalue weighted by Gasteiger charge is 2.17.